The van der Waals surface area contributed by atoms with Crippen molar-refractivity contribution in [2.75, 3.05) is 6.61 Å². The van der Waals surface area contributed by atoms with Crippen LogP contribution in [0.15, 0.2) is 48.0 Å². The predicted molar refractivity (Wildman–Crippen MR) is 128 cm³/mol. The molecule has 3 heteroatoms. The molecule has 1 saturated carbocycles. The third-order valence-electron chi connectivity index (χ3n) is 7.54. The van der Waals surface area contributed by atoms with E-state index in [1.165, 1.54) is 37.7 Å². The molecule has 2 aromatic rings. The number of allylic oxidation sites excluding steroid dienone is 1. The van der Waals surface area contributed by atoms with E-state index in [2.05, 4.69) is 19.9 Å². The minimum atomic E-state index is -0.752. The lowest BCUT2D eigenvalue weighted by molar-refractivity contribution is 0.307. The molecule has 1 nitrogen and oxygen atoms in total. The molecule has 0 saturated heterocycles. The van der Waals surface area contributed by atoms with Crippen LogP contribution in [0.25, 0.3) is 11.1 Å². The molecule has 0 heterocycles. The number of unbranched alkanes of at least 4 members (excludes halogenated alkanes) is 2. The molecule has 0 aliphatic heterocycles. The van der Waals surface area contributed by atoms with E-state index < -0.39 is 11.6 Å². The van der Waals surface area contributed by atoms with Gasteiger partial charge in [-0.1, -0.05) is 69.9 Å². The van der Waals surface area contributed by atoms with E-state index in [1.807, 2.05) is 24.3 Å². The molecule has 2 aliphatic carbocycles. The molecule has 1 fully saturated rings. The van der Waals surface area contributed by atoms with Gasteiger partial charge in [0, 0.05) is 5.56 Å². The van der Waals surface area contributed by atoms with Crippen LogP contribution >= 0.6 is 0 Å². The standard InChI is InChI=1S/C29H36F2O/c1-3-5-6-8-22-12-18-27(29(31)28(22)30)21-9-14-24(15-10-21)32-19-23-13-17-25-20(7-4-2)11-16-26(23)25/h9-10,12-15,18,20,25-26H,3-8,11,16-17,19H2,1-2H3. The quantitative estimate of drug-likeness (QED) is 0.267. The monoisotopic (exact) mass is 438 g/mol. The number of aryl methyl sites for hydroxylation is 1. The Morgan fingerprint density at radius 3 is 2.47 bits per heavy atom. The molecule has 4 rings (SSSR count). The van der Waals surface area contributed by atoms with Crippen LogP contribution < -0.4 is 4.74 Å². The largest absolute Gasteiger partial charge is 0.489 e. The fourth-order valence-electron chi connectivity index (χ4n) is 5.77. The van der Waals surface area contributed by atoms with Crippen LogP contribution in [0.4, 0.5) is 8.78 Å². The Bertz CT molecular complexity index is 931. The van der Waals surface area contributed by atoms with Gasteiger partial charge in [0.25, 0.3) is 0 Å². The van der Waals surface area contributed by atoms with Gasteiger partial charge in [-0.3, -0.25) is 0 Å². The highest BCUT2D eigenvalue weighted by atomic mass is 19.2. The second-order valence-corrected chi connectivity index (χ2v) is 9.58. The lowest BCUT2D eigenvalue weighted by atomic mass is 9.87. The molecule has 172 valence electrons. The number of halogens is 2. The zero-order chi connectivity index (χ0) is 22.5. The molecular formula is C29H36F2O. The summed E-state index contributed by atoms with van der Waals surface area (Å²) in [6.07, 6.45) is 12.4. The second-order valence-electron chi connectivity index (χ2n) is 9.58. The first-order chi connectivity index (χ1) is 15.6. The maximum atomic E-state index is 14.7. The van der Waals surface area contributed by atoms with Crippen molar-refractivity contribution in [3.63, 3.8) is 0 Å². The molecular weight excluding hydrogens is 402 g/mol. The van der Waals surface area contributed by atoms with Crippen LogP contribution in [0.1, 0.15) is 70.8 Å². The van der Waals surface area contributed by atoms with Crippen LogP contribution in [0.2, 0.25) is 0 Å². The molecule has 0 N–H and O–H groups in total. The van der Waals surface area contributed by atoms with Crippen molar-refractivity contribution in [1.82, 2.24) is 0 Å². The molecule has 0 aromatic heterocycles. The molecule has 2 aromatic carbocycles. The van der Waals surface area contributed by atoms with Crippen molar-refractivity contribution < 1.29 is 13.5 Å². The van der Waals surface area contributed by atoms with E-state index in [9.17, 15) is 8.78 Å². The third kappa shape index (κ3) is 4.92. The maximum Gasteiger partial charge on any atom is 0.166 e. The van der Waals surface area contributed by atoms with Crippen LogP contribution in [0, 0.1) is 29.4 Å². The molecule has 3 atom stereocenters. The average molecular weight is 439 g/mol. The van der Waals surface area contributed by atoms with E-state index >= 15 is 0 Å². The summed E-state index contributed by atoms with van der Waals surface area (Å²) < 4.78 is 35.3. The minimum Gasteiger partial charge on any atom is -0.489 e. The van der Waals surface area contributed by atoms with Gasteiger partial charge < -0.3 is 4.74 Å². The van der Waals surface area contributed by atoms with Gasteiger partial charge in [0.1, 0.15) is 12.4 Å². The average Bonchev–Trinajstić information content (AvgIpc) is 3.39. The molecule has 0 spiro atoms. The van der Waals surface area contributed by atoms with Crippen molar-refractivity contribution in [2.45, 2.75) is 71.6 Å². The van der Waals surface area contributed by atoms with Gasteiger partial charge in [0.05, 0.1) is 0 Å². The highest BCUT2D eigenvalue weighted by molar-refractivity contribution is 5.65. The zero-order valence-electron chi connectivity index (χ0n) is 19.5. The van der Waals surface area contributed by atoms with Crippen LogP contribution in [0.5, 0.6) is 5.75 Å². The topological polar surface area (TPSA) is 9.23 Å². The number of ether oxygens (including phenoxy) is 1. The van der Waals surface area contributed by atoms with Crippen molar-refractivity contribution in [2.24, 2.45) is 17.8 Å². The highest BCUT2D eigenvalue weighted by Crippen LogP contribution is 2.49. The van der Waals surface area contributed by atoms with Crippen LogP contribution in [-0.2, 0) is 6.42 Å². The van der Waals surface area contributed by atoms with Crippen molar-refractivity contribution in [3.8, 4) is 16.9 Å². The van der Waals surface area contributed by atoms with Gasteiger partial charge in [0.15, 0.2) is 11.6 Å². The van der Waals surface area contributed by atoms with Crippen molar-refractivity contribution >= 4 is 0 Å². The summed E-state index contributed by atoms with van der Waals surface area (Å²) in [7, 11) is 0. The van der Waals surface area contributed by atoms with Crippen molar-refractivity contribution in [1.29, 1.82) is 0 Å². The fourth-order valence-corrected chi connectivity index (χ4v) is 5.77. The molecule has 3 unspecified atom stereocenters. The summed E-state index contributed by atoms with van der Waals surface area (Å²) in [5.41, 5.74) is 2.90. The van der Waals surface area contributed by atoms with Crippen LogP contribution in [-0.4, -0.2) is 6.61 Å². The van der Waals surface area contributed by atoms with E-state index in [0.717, 1.165) is 36.8 Å². The highest BCUT2D eigenvalue weighted by Gasteiger charge is 2.39. The van der Waals surface area contributed by atoms with Gasteiger partial charge in [-0.15, -0.1) is 0 Å². The molecule has 32 heavy (non-hydrogen) atoms. The van der Waals surface area contributed by atoms with E-state index in [4.69, 9.17) is 4.74 Å². The predicted octanol–water partition coefficient (Wildman–Crippen LogP) is 8.52. The number of hydrogen-bond donors (Lipinski definition) is 0. The summed E-state index contributed by atoms with van der Waals surface area (Å²) >= 11 is 0. The molecule has 0 radical (unpaired) electrons. The summed E-state index contributed by atoms with van der Waals surface area (Å²) in [5.74, 6) is 1.71. The van der Waals surface area contributed by atoms with Gasteiger partial charge in [-0.05, 0) is 78.7 Å². The normalized spacial score (nSPS) is 22.1. The van der Waals surface area contributed by atoms with Gasteiger partial charge in [-0.25, -0.2) is 8.78 Å². The smallest absolute Gasteiger partial charge is 0.166 e. The number of rotatable bonds is 10. The van der Waals surface area contributed by atoms with Gasteiger partial charge >= 0.3 is 0 Å². The lowest BCUT2D eigenvalue weighted by Crippen LogP contribution is -2.14. The first-order valence-corrected chi connectivity index (χ1v) is 12.5. The van der Waals surface area contributed by atoms with Crippen molar-refractivity contribution in [3.05, 3.63) is 65.2 Å². The summed E-state index contributed by atoms with van der Waals surface area (Å²) in [5, 5.41) is 0. The third-order valence-corrected chi connectivity index (χ3v) is 7.54. The summed E-state index contributed by atoms with van der Waals surface area (Å²) in [6, 6.07) is 10.8. The molecule has 2 aliphatic rings. The zero-order valence-corrected chi connectivity index (χ0v) is 19.5. The van der Waals surface area contributed by atoms with Gasteiger partial charge in [0.2, 0.25) is 0 Å². The maximum absolute atomic E-state index is 14.7. The SMILES string of the molecule is CCCCCc1ccc(-c2ccc(OCC3=CCC4C(CCC)CCC34)cc2)c(F)c1F. The minimum absolute atomic E-state index is 0.308. The first kappa shape index (κ1) is 23.0. The first-order valence-electron chi connectivity index (χ1n) is 12.5. The Morgan fingerprint density at radius 1 is 0.906 bits per heavy atom. The van der Waals surface area contributed by atoms with Gasteiger partial charge in [-0.2, -0.15) is 0 Å². The molecule has 0 amide bonds. The Balaban J connectivity index is 1.36. The fraction of sp³-hybridized carbons (Fsp3) is 0.517. The second kappa shape index (κ2) is 10.6. The number of benzene rings is 2. The Morgan fingerprint density at radius 2 is 1.72 bits per heavy atom. The van der Waals surface area contributed by atoms with E-state index in [0.29, 0.717) is 35.6 Å². The van der Waals surface area contributed by atoms with E-state index in [1.54, 1.807) is 12.1 Å². The Labute approximate surface area is 191 Å². The summed E-state index contributed by atoms with van der Waals surface area (Å²) in [4.78, 5) is 0. The molecule has 0 bridgehead atoms. The van der Waals surface area contributed by atoms with E-state index in [-0.39, 0.29) is 0 Å². The Kier molecular flexibility index (Phi) is 7.65. The Hall–Kier alpha value is -2.16. The van der Waals surface area contributed by atoms with Crippen LogP contribution in [0.3, 0.4) is 0 Å². The lowest BCUT2D eigenvalue weighted by Gasteiger charge is -2.19. The number of fused-ring (bicyclic) bond motifs is 1. The summed E-state index contributed by atoms with van der Waals surface area (Å²) in [6.45, 7) is 5.02. The number of hydrogen-bond acceptors (Lipinski definition) is 1.